The van der Waals surface area contributed by atoms with E-state index >= 15 is 0 Å². The number of nitrogens with zero attached hydrogens (tertiary/aromatic N) is 1. The van der Waals surface area contributed by atoms with Crippen LogP contribution < -0.4 is 0 Å². The van der Waals surface area contributed by atoms with Crippen LogP contribution in [0.2, 0.25) is 0 Å². The Balaban J connectivity index is 2.32. The van der Waals surface area contributed by atoms with Gasteiger partial charge in [-0.15, -0.1) is 0 Å². The van der Waals surface area contributed by atoms with Gasteiger partial charge in [0.15, 0.2) is 0 Å². The molecule has 0 aromatic heterocycles. The van der Waals surface area contributed by atoms with E-state index in [2.05, 4.69) is 0 Å². The Morgan fingerprint density at radius 3 is 2.71 bits per heavy atom. The molecule has 2 aliphatic rings. The van der Waals surface area contributed by atoms with E-state index in [1.54, 1.807) is 4.90 Å². The van der Waals surface area contributed by atoms with Crippen molar-refractivity contribution in [2.45, 2.75) is 24.8 Å². The molecule has 2 saturated heterocycles. The third kappa shape index (κ3) is 1.15. The van der Waals surface area contributed by atoms with E-state index in [0.717, 1.165) is 6.42 Å². The minimum atomic E-state index is -1.71. The second-order valence-corrected chi connectivity index (χ2v) is 3.90. The fourth-order valence-corrected chi connectivity index (χ4v) is 2.45. The van der Waals surface area contributed by atoms with Crippen molar-refractivity contribution in [1.29, 1.82) is 0 Å². The van der Waals surface area contributed by atoms with Crippen LogP contribution in [0.5, 0.6) is 0 Å². The molecular formula is C9H11F2NO2. The predicted octanol–water partition coefficient (Wildman–Crippen LogP) is 1.46. The van der Waals surface area contributed by atoms with Crippen molar-refractivity contribution >= 4 is 5.97 Å². The van der Waals surface area contributed by atoms with Crippen LogP contribution in [0, 0.1) is 0 Å². The topological polar surface area (TPSA) is 40.5 Å². The average molecular weight is 203 g/mol. The number of carbonyl (C=O) groups is 1. The first-order chi connectivity index (χ1) is 6.56. The highest BCUT2D eigenvalue weighted by atomic mass is 19.3. The monoisotopic (exact) mass is 203 g/mol. The summed E-state index contributed by atoms with van der Waals surface area (Å²) in [4.78, 5) is 12.7. The second-order valence-electron chi connectivity index (χ2n) is 3.90. The number of aliphatic carboxylic acids is 1. The van der Waals surface area contributed by atoms with Gasteiger partial charge in [0.25, 0.3) is 6.08 Å². The highest BCUT2D eigenvalue weighted by Crippen LogP contribution is 2.42. The smallest absolute Gasteiger partial charge is 0.324 e. The SMILES string of the molecule is O=C(O)[C@@]12CCCN1CC(=C(F)F)C2. The Morgan fingerprint density at radius 2 is 2.21 bits per heavy atom. The van der Waals surface area contributed by atoms with E-state index in [0.29, 0.717) is 13.0 Å². The Labute approximate surface area is 80.0 Å². The molecule has 0 saturated carbocycles. The molecule has 78 valence electrons. The van der Waals surface area contributed by atoms with Crippen molar-refractivity contribution in [3.8, 4) is 0 Å². The molecule has 2 fully saturated rings. The molecule has 14 heavy (non-hydrogen) atoms. The van der Waals surface area contributed by atoms with Crippen molar-refractivity contribution in [3.05, 3.63) is 11.7 Å². The van der Waals surface area contributed by atoms with Gasteiger partial charge in [0.2, 0.25) is 0 Å². The van der Waals surface area contributed by atoms with E-state index in [9.17, 15) is 13.6 Å². The Morgan fingerprint density at radius 1 is 1.50 bits per heavy atom. The lowest BCUT2D eigenvalue weighted by Gasteiger charge is -2.25. The average Bonchev–Trinajstić information content (AvgIpc) is 2.57. The van der Waals surface area contributed by atoms with Crippen molar-refractivity contribution in [2.24, 2.45) is 0 Å². The molecule has 1 N–H and O–H groups in total. The fraction of sp³-hybridized carbons (Fsp3) is 0.667. The van der Waals surface area contributed by atoms with E-state index in [1.165, 1.54) is 0 Å². The highest BCUT2D eigenvalue weighted by molar-refractivity contribution is 5.80. The lowest BCUT2D eigenvalue weighted by atomic mass is 9.93. The summed E-state index contributed by atoms with van der Waals surface area (Å²) in [5, 5.41) is 9.06. The number of hydrogen-bond acceptors (Lipinski definition) is 2. The minimum Gasteiger partial charge on any atom is -0.480 e. The summed E-state index contributed by atoms with van der Waals surface area (Å²) in [6.07, 6.45) is -0.447. The van der Waals surface area contributed by atoms with Gasteiger partial charge in [-0.25, -0.2) is 0 Å². The van der Waals surface area contributed by atoms with E-state index in [1.807, 2.05) is 0 Å². The number of carboxylic acids is 1. The van der Waals surface area contributed by atoms with E-state index in [-0.39, 0.29) is 18.5 Å². The first kappa shape index (κ1) is 9.58. The Kier molecular flexibility index (Phi) is 2.06. The molecule has 0 radical (unpaired) electrons. The lowest BCUT2D eigenvalue weighted by Crippen LogP contribution is -2.45. The first-order valence-electron chi connectivity index (χ1n) is 4.58. The summed E-state index contributed by atoms with van der Waals surface area (Å²) in [7, 11) is 0. The van der Waals surface area contributed by atoms with Gasteiger partial charge < -0.3 is 5.11 Å². The first-order valence-corrected chi connectivity index (χ1v) is 4.58. The predicted molar refractivity (Wildman–Crippen MR) is 45.0 cm³/mol. The summed E-state index contributed by atoms with van der Waals surface area (Å²) >= 11 is 0. The summed E-state index contributed by atoms with van der Waals surface area (Å²) in [5.41, 5.74) is -1.04. The number of rotatable bonds is 1. The van der Waals surface area contributed by atoms with E-state index in [4.69, 9.17) is 5.11 Å². The quantitative estimate of drug-likeness (QED) is 0.701. The molecule has 0 spiro atoms. The van der Waals surface area contributed by atoms with Gasteiger partial charge in [-0.05, 0) is 19.4 Å². The summed E-state index contributed by atoms with van der Waals surface area (Å²) in [5.74, 6) is -0.966. The third-order valence-electron chi connectivity index (χ3n) is 3.18. The van der Waals surface area contributed by atoms with Crippen molar-refractivity contribution in [1.82, 2.24) is 4.90 Å². The van der Waals surface area contributed by atoms with Gasteiger partial charge in [0.05, 0.1) is 0 Å². The molecule has 0 aliphatic carbocycles. The highest BCUT2D eigenvalue weighted by Gasteiger charge is 2.53. The van der Waals surface area contributed by atoms with Crippen molar-refractivity contribution in [3.63, 3.8) is 0 Å². The standard InChI is InChI=1S/C9H11F2NO2/c10-7(11)6-4-9(8(13)14)2-1-3-12(9)5-6/h1-5H2,(H,13,14)/t9-/m0/s1. The summed E-state index contributed by atoms with van der Waals surface area (Å²) < 4.78 is 24.7. The summed E-state index contributed by atoms with van der Waals surface area (Å²) in [6, 6.07) is 0. The number of hydrogen-bond donors (Lipinski definition) is 1. The van der Waals surface area contributed by atoms with Gasteiger partial charge in [0, 0.05) is 18.5 Å². The van der Waals surface area contributed by atoms with Gasteiger partial charge in [0.1, 0.15) is 5.54 Å². The Hall–Kier alpha value is -0.970. The zero-order valence-corrected chi connectivity index (χ0v) is 7.59. The summed E-state index contributed by atoms with van der Waals surface area (Å²) in [6.45, 7) is 0.734. The maximum absolute atomic E-state index is 12.3. The maximum atomic E-state index is 12.3. The molecule has 0 aromatic carbocycles. The van der Waals surface area contributed by atoms with Gasteiger partial charge >= 0.3 is 5.97 Å². The van der Waals surface area contributed by atoms with Gasteiger partial charge in [-0.3, -0.25) is 9.69 Å². The van der Waals surface area contributed by atoms with Crippen LogP contribution in [-0.4, -0.2) is 34.6 Å². The Bertz CT molecular complexity index is 312. The molecule has 3 nitrogen and oxygen atoms in total. The fourth-order valence-electron chi connectivity index (χ4n) is 2.45. The van der Waals surface area contributed by atoms with Crippen LogP contribution in [0.15, 0.2) is 11.7 Å². The van der Waals surface area contributed by atoms with Crippen LogP contribution >= 0.6 is 0 Å². The van der Waals surface area contributed by atoms with Gasteiger partial charge in [-0.1, -0.05) is 0 Å². The molecule has 2 aliphatic heterocycles. The van der Waals surface area contributed by atoms with Crippen LogP contribution in [0.4, 0.5) is 8.78 Å². The normalized spacial score (nSPS) is 32.0. The van der Waals surface area contributed by atoms with Crippen LogP contribution in [-0.2, 0) is 4.79 Å². The zero-order valence-electron chi connectivity index (χ0n) is 7.59. The largest absolute Gasteiger partial charge is 0.480 e. The van der Waals surface area contributed by atoms with E-state index < -0.39 is 17.6 Å². The molecule has 0 bridgehead atoms. The zero-order chi connectivity index (χ0) is 10.3. The molecular weight excluding hydrogens is 192 g/mol. The number of fused-ring (bicyclic) bond motifs is 1. The van der Waals surface area contributed by atoms with Crippen LogP contribution in [0.25, 0.3) is 0 Å². The second kappa shape index (κ2) is 3.02. The maximum Gasteiger partial charge on any atom is 0.324 e. The molecule has 5 heteroatoms. The molecule has 2 rings (SSSR count). The van der Waals surface area contributed by atoms with Gasteiger partial charge in [-0.2, -0.15) is 8.78 Å². The minimum absolute atomic E-state index is 0.00731. The van der Waals surface area contributed by atoms with Crippen LogP contribution in [0.1, 0.15) is 19.3 Å². The lowest BCUT2D eigenvalue weighted by molar-refractivity contribution is -0.147. The third-order valence-corrected chi connectivity index (χ3v) is 3.18. The van der Waals surface area contributed by atoms with Crippen molar-refractivity contribution in [2.75, 3.05) is 13.1 Å². The number of halogens is 2. The molecule has 0 aromatic rings. The van der Waals surface area contributed by atoms with Crippen LogP contribution in [0.3, 0.4) is 0 Å². The van der Waals surface area contributed by atoms with Crippen molar-refractivity contribution < 1.29 is 18.7 Å². The number of carboxylic acid groups (broad SMARTS) is 1. The molecule has 2 heterocycles. The molecule has 1 atom stereocenters. The molecule has 0 unspecified atom stereocenters. The molecule has 0 amide bonds.